The Morgan fingerprint density at radius 1 is 1.42 bits per heavy atom. The maximum absolute atomic E-state index is 8.99. The van der Waals surface area contributed by atoms with Crippen LogP contribution in [0.15, 0.2) is 24.3 Å². The SMILES string of the molecule is CC1CCNC(CC#N)CN1c1cccc(C#N)c1. The van der Waals surface area contributed by atoms with Crippen molar-refractivity contribution in [3.05, 3.63) is 29.8 Å². The minimum atomic E-state index is 0.195. The van der Waals surface area contributed by atoms with E-state index in [1.165, 1.54) is 0 Å². The zero-order valence-corrected chi connectivity index (χ0v) is 11.1. The molecular weight excluding hydrogens is 236 g/mol. The second-order valence-corrected chi connectivity index (χ2v) is 4.97. The molecular formula is C15H18N4. The molecule has 0 saturated carbocycles. The molecule has 2 unspecified atom stereocenters. The van der Waals surface area contributed by atoms with E-state index in [0.29, 0.717) is 18.0 Å². The molecule has 19 heavy (non-hydrogen) atoms. The summed E-state index contributed by atoms with van der Waals surface area (Å²) in [5.41, 5.74) is 1.75. The molecule has 1 heterocycles. The van der Waals surface area contributed by atoms with Crippen LogP contribution in [0.25, 0.3) is 0 Å². The monoisotopic (exact) mass is 254 g/mol. The van der Waals surface area contributed by atoms with Crippen LogP contribution in [-0.2, 0) is 0 Å². The second-order valence-electron chi connectivity index (χ2n) is 4.97. The van der Waals surface area contributed by atoms with Crippen LogP contribution in [0.3, 0.4) is 0 Å². The average Bonchev–Trinajstić information content (AvgIpc) is 2.61. The van der Waals surface area contributed by atoms with Crippen LogP contribution in [0, 0.1) is 22.7 Å². The summed E-state index contributed by atoms with van der Waals surface area (Å²) in [6.07, 6.45) is 1.56. The van der Waals surface area contributed by atoms with Gasteiger partial charge in [-0.2, -0.15) is 10.5 Å². The summed E-state index contributed by atoms with van der Waals surface area (Å²) < 4.78 is 0. The quantitative estimate of drug-likeness (QED) is 0.877. The van der Waals surface area contributed by atoms with Gasteiger partial charge in [0.1, 0.15) is 0 Å². The molecule has 0 spiro atoms. The molecule has 1 aliphatic rings. The van der Waals surface area contributed by atoms with Crippen LogP contribution in [-0.4, -0.2) is 25.2 Å². The second kappa shape index (κ2) is 6.22. The summed E-state index contributed by atoms with van der Waals surface area (Å²) in [6.45, 7) is 3.93. The van der Waals surface area contributed by atoms with E-state index in [1.807, 2.05) is 24.3 Å². The van der Waals surface area contributed by atoms with Crippen molar-refractivity contribution in [3.8, 4) is 12.1 Å². The van der Waals surface area contributed by atoms with Crippen LogP contribution in [0.2, 0.25) is 0 Å². The number of nitriles is 2. The zero-order valence-electron chi connectivity index (χ0n) is 11.1. The molecule has 0 amide bonds. The van der Waals surface area contributed by atoms with Crippen LogP contribution in [0.1, 0.15) is 25.3 Å². The Labute approximate surface area is 114 Å². The van der Waals surface area contributed by atoms with Crippen LogP contribution < -0.4 is 10.2 Å². The van der Waals surface area contributed by atoms with Gasteiger partial charge in [0, 0.05) is 24.3 Å². The largest absolute Gasteiger partial charge is 0.367 e. The lowest BCUT2D eigenvalue weighted by molar-refractivity contribution is 0.552. The molecule has 1 N–H and O–H groups in total. The fourth-order valence-electron chi connectivity index (χ4n) is 2.50. The normalized spacial score (nSPS) is 23.2. The molecule has 0 aromatic heterocycles. The maximum Gasteiger partial charge on any atom is 0.0992 e. The Balaban J connectivity index is 2.23. The molecule has 2 atom stereocenters. The number of hydrogen-bond donors (Lipinski definition) is 1. The Kier molecular flexibility index (Phi) is 4.39. The van der Waals surface area contributed by atoms with E-state index in [2.05, 4.69) is 29.3 Å². The third-order valence-corrected chi connectivity index (χ3v) is 3.59. The van der Waals surface area contributed by atoms with E-state index >= 15 is 0 Å². The zero-order chi connectivity index (χ0) is 13.7. The summed E-state index contributed by atoms with van der Waals surface area (Å²) in [6, 6.07) is 12.7. The summed E-state index contributed by atoms with van der Waals surface area (Å²) in [5.74, 6) is 0. The number of benzene rings is 1. The number of nitrogens with zero attached hydrogens (tertiary/aromatic N) is 3. The molecule has 1 saturated heterocycles. The Bertz CT molecular complexity index is 512. The first-order chi connectivity index (χ1) is 9.24. The van der Waals surface area contributed by atoms with Crippen molar-refractivity contribution >= 4 is 5.69 Å². The van der Waals surface area contributed by atoms with E-state index in [1.54, 1.807) is 0 Å². The minimum absolute atomic E-state index is 0.195. The minimum Gasteiger partial charge on any atom is -0.367 e. The van der Waals surface area contributed by atoms with Gasteiger partial charge in [0.25, 0.3) is 0 Å². The molecule has 4 nitrogen and oxygen atoms in total. The van der Waals surface area contributed by atoms with Crippen LogP contribution in [0.5, 0.6) is 0 Å². The van der Waals surface area contributed by atoms with Crippen LogP contribution in [0.4, 0.5) is 5.69 Å². The van der Waals surface area contributed by atoms with Crippen molar-refractivity contribution in [1.82, 2.24) is 5.32 Å². The Morgan fingerprint density at radius 2 is 2.26 bits per heavy atom. The van der Waals surface area contributed by atoms with Gasteiger partial charge in [-0.15, -0.1) is 0 Å². The third-order valence-electron chi connectivity index (χ3n) is 3.59. The molecule has 1 aromatic carbocycles. The van der Waals surface area contributed by atoms with Gasteiger partial charge in [-0.25, -0.2) is 0 Å². The first-order valence-corrected chi connectivity index (χ1v) is 6.61. The summed E-state index contributed by atoms with van der Waals surface area (Å²) in [7, 11) is 0. The smallest absolute Gasteiger partial charge is 0.0992 e. The van der Waals surface area contributed by atoms with Gasteiger partial charge in [-0.1, -0.05) is 6.07 Å². The highest BCUT2D eigenvalue weighted by molar-refractivity contribution is 5.52. The predicted octanol–water partition coefficient (Wildman–Crippen LogP) is 2.03. The Morgan fingerprint density at radius 3 is 3.00 bits per heavy atom. The molecule has 98 valence electrons. The maximum atomic E-state index is 8.99. The molecule has 1 aromatic rings. The molecule has 1 aliphatic heterocycles. The predicted molar refractivity (Wildman–Crippen MR) is 74.6 cm³/mol. The highest BCUT2D eigenvalue weighted by Gasteiger charge is 2.23. The van der Waals surface area contributed by atoms with E-state index in [9.17, 15) is 0 Å². The van der Waals surface area contributed by atoms with Gasteiger partial charge in [-0.05, 0) is 38.1 Å². The topological polar surface area (TPSA) is 62.9 Å². The van der Waals surface area contributed by atoms with Crippen molar-refractivity contribution in [1.29, 1.82) is 10.5 Å². The summed E-state index contributed by atoms with van der Waals surface area (Å²) in [4.78, 5) is 2.29. The van der Waals surface area contributed by atoms with Gasteiger partial charge in [0.15, 0.2) is 0 Å². The first-order valence-electron chi connectivity index (χ1n) is 6.61. The molecule has 0 aliphatic carbocycles. The standard InChI is InChI=1S/C15H18N4/c1-12-6-8-18-14(5-7-16)11-19(12)15-4-2-3-13(9-15)10-17/h2-4,9,12,14,18H,5-6,8,11H2,1H3. The summed E-state index contributed by atoms with van der Waals surface area (Å²) >= 11 is 0. The van der Waals surface area contributed by atoms with Crippen molar-refractivity contribution < 1.29 is 0 Å². The number of hydrogen-bond acceptors (Lipinski definition) is 4. The summed E-state index contributed by atoms with van der Waals surface area (Å²) in [5, 5.41) is 21.3. The lowest BCUT2D eigenvalue weighted by Crippen LogP contribution is -2.40. The van der Waals surface area contributed by atoms with Gasteiger partial charge >= 0.3 is 0 Å². The number of nitrogens with one attached hydrogen (secondary N) is 1. The van der Waals surface area contributed by atoms with Crippen molar-refractivity contribution in [3.63, 3.8) is 0 Å². The molecule has 1 fully saturated rings. The van der Waals surface area contributed by atoms with E-state index in [4.69, 9.17) is 10.5 Å². The number of rotatable bonds is 2. The van der Waals surface area contributed by atoms with Gasteiger partial charge in [-0.3, -0.25) is 0 Å². The lowest BCUT2D eigenvalue weighted by Gasteiger charge is -2.31. The van der Waals surface area contributed by atoms with Crippen LogP contribution >= 0.6 is 0 Å². The molecule has 2 rings (SSSR count). The molecule has 4 heteroatoms. The van der Waals surface area contributed by atoms with E-state index in [-0.39, 0.29) is 6.04 Å². The van der Waals surface area contributed by atoms with E-state index < -0.39 is 0 Å². The van der Waals surface area contributed by atoms with Crippen molar-refractivity contribution in [2.24, 2.45) is 0 Å². The highest BCUT2D eigenvalue weighted by Crippen LogP contribution is 2.22. The van der Waals surface area contributed by atoms with Gasteiger partial charge in [0.2, 0.25) is 0 Å². The van der Waals surface area contributed by atoms with Gasteiger partial charge in [0.05, 0.1) is 24.1 Å². The fourth-order valence-corrected chi connectivity index (χ4v) is 2.50. The van der Waals surface area contributed by atoms with E-state index in [0.717, 1.165) is 25.2 Å². The van der Waals surface area contributed by atoms with Crippen molar-refractivity contribution in [2.75, 3.05) is 18.0 Å². The number of anilines is 1. The molecule has 0 bridgehead atoms. The lowest BCUT2D eigenvalue weighted by atomic mass is 10.1. The van der Waals surface area contributed by atoms with Gasteiger partial charge < -0.3 is 10.2 Å². The highest BCUT2D eigenvalue weighted by atomic mass is 15.2. The van der Waals surface area contributed by atoms with Crippen molar-refractivity contribution in [2.45, 2.75) is 31.8 Å². The fraction of sp³-hybridized carbons (Fsp3) is 0.467. The Hall–Kier alpha value is -2.04. The first kappa shape index (κ1) is 13.4. The third kappa shape index (κ3) is 3.24. The molecule has 0 radical (unpaired) electrons. The average molecular weight is 254 g/mol.